The summed E-state index contributed by atoms with van der Waals surface area (Å²) in [7, 11) is 0. The first kappa shape index (κ1) is 22.0. The Balaban J connectivity index is 1.75. The minimum atomic E-state index is -0.700. The molecule has 2 aromatic carbocycles. The van der Waals surface area contributed by atoms with E-state index in [9.17, 15) is 9.59 Å². The van der Waals surface area contributed by atoms with Crippen LogP contribution in [-0.4, -0.2) is 28.1 Å². The molecule has 0 amide bonds. The van der Waals surface area contributed by atoms with E-state index in [1.54, 1.807) is 11.8 Å². The number of ether oxygens (including phenoxy) is 1. The van der Waals surface area contributed by atoms with E-state index in [-0.39, 0.29) is 12.2 Å². The Hall–Kier alpha value is -2.66. The topological polar surface area (TPSA) is 56.3 Å². The van der Waals surface area contributed by atoms with Crippen LogP contribution in [0.25, 0.3) is 10.9 Å². The quantitative estimate of drug-likeness (QED) is 0.199. The molecule has 3 rings (SSSR count). The van der Waals surface area contributed by atoms with Gasteiger partial charge in [0.15, 0.2) is 5.78 Å². The minimum Gasteiger partial charge on any atom is -0.459 e. The van der Waals surface area contributed by atoms with Crippen molar-refractivity contribution in [3.05, 3.63) is 71.4 Å². The summed E-state index contributed by atoms with van der Waals surface area (Å²) < 4.78 is 5.64. The van der Waals surface area contributed by atoms with Gasteiger partial charge >= 0.3 is 5.97 Å². The summed E-state index contributed by atoms with van der Waals surface area (Å²) in [6, 6.07) is 17.8. The summed E-state index contributed by atoms with van der Waals surface area (Å²) in [5.41, 5.74) is 2.61. The average molecular weight is 422 g/mol. The maximum Gasteiger partial charge on any atom is 0.314 e. The number of hydrogen-bond donors (Lipinski definition) is 0. The number of hydrogen-bond acceptors (Lipinski definition) is 5. The molecular weight excluding hydrogens is 394 g/mol. The number of carbonyl (C=O) groups is 2. The van der Waals surface area contributed by atoms with Gasteiger partial charge in [-0.3, -0.25) is 9.59 Å². The fraction of sp³-hybridized carbons (Fsp3) is 0.320. The van der Waals surface area contributed by atoms with E-state index in [2.05, 4.69) is 11.1 Å². The van der Waals surface area contributed by atoms with Gasteiger partial charge in [-0.05, 0) is 50.3 Å². The molecule has 1 heterocycles. The number of aromatic nitrogens is 1. The lowest BCUT2D eigenvalue weighted by molar-refractivity contribution is -0.155. The van der Waals surface area contributed by atoms with Gasteiger partial charge in [-0.2, -0.15) is 0 Å². The van der Waals surface area contributed by atoms with Crippen molar-refractivity contribution in [2.45, 2.75) is 51.0 Å². The number of thioether (sulfide) groups is 1. The molecule has 0 aliphatic rings. The molecular formula is C25H27NO3S. The highest BCUT2D eigenvalue weighted by molar-refractivity contribution is 7.99. The van der Waals surface area contributed by atoms with Gasteiger partial charge in [0.2, 0.25) is 0 Å². The maximum atomic E-state index is 12.9. The van der Waals surface area contributed by atoms with E-state index in [0.717, 1.165) is 32.7 Å². The summed E-state index contributed by atoms with van der Waals surface area (Å²) >= 11 is 1.56. The second-order valence-corrected chi connectivity index (χ2v) is 9.27. The highest BCUT2D eigenvalue weighted by Crippen LogP contribution is 2.28. The van der Waals surface area contributed by atoms with Gasteiger partial charge < -0.3 is 4.74 Å². The maximum absolute atomic E-state index is 12.9. The van der Waals surface area contributed by atoms with Crippen LogP contribution in [0.5, 0.6) is 0 Å². The Bertz CT molecular complexity index is 1060. The van der Waals surface area contributed by atoms with Crippen LogP contribution in [0.15, 0.2) is 59.5 Å². The van der Waals surface area contributed by atoms with Crippen LogP contribution >= 0.6 is 11.8 Å². The number of Topliss-reactive ketones (excluding diaryl/α,β-unsaturated/α-hetero) is 1. The van der Waals surface area contributed by atoms with Gasteiger partial charge in [0.1, 0.15) is 17.7 Å². The third-order valence-electron chi connectivity index (χ3n) is 4.67. The second kappa shape index (κ2) is 9.43. The molecule has 0 aliphatic carbocycles. The molecule has 156 valence electrons. The molecule has 1 aromatic heterocycles. The van der Waals surface area contributed by atoms with Crippen molar-refractivity contribution < 1.29 is 14.3 Å². The van der Waals surface area contributed by atoms with Crippen LogP contribution in [-0.2, 0) is 16.0 Å². The zero-order chi connectivity index (χ0) is 21.7. The van der Waals surface area contributed by atoms with Crippen LogP contribution in [0.1, 0.15) is 48.8 Å². The van der Waals surface area contributed by atoms with E-state index in [1.807, 2.05) is 76.2 Å². The smallest absolute Gasteiger partial charge is 0.314 e. The zero-order valence-electron chi connectivity index (χ0n) is 17.9. The number of fused-ring (bicyclic) bond motifs is 1. The Morgan fingerprint density at radius 3 is 2.50 bits per heavy atom. The second-order valence-electron chi connectivity index (χ2n) is 7.96. The van der Waals surface area contributed by atoms with Gasteiger partial charge in [0, 0.05) is 16.7 Å². The predicted octanol–water partition coefficient (Wildman–Crippen LogP) is 5.79. The SMILES string of the molecule is CCSc1cc2cc(C)ccc2nc1C(=O)CC(=O)OC(C)(C)Cc1ccccc1. The van der Waals surface area contributed by atoms with Crippen LogP contribution in [0.2, 0.25) is 0 Å². The standard InChI is InChI=1S/C25H27NO3S/c1-5-30-22-14-19-13-17(2)11-12-20(19)26-24(22)21(27)15-23(28)29-25(3,4)16-18-9-7-6-8-10-18/h6-14H,5,15-16H2,1-4H3. The zero-order valence-corrected chi connectivity index (χ0v) is 18.7. The van der Waals surface area contributed by atoms with Crippen molar-refractivity contribution in [2.24, 2.45) is 0 Å². The molecule has 0 spiro atoms. The lowest BCUT2D eigenvalue weighted by atomic mass is 9.98. The third-order valence-corrected chi connectivity index (χ3v) is 5.58. The third kappa shape index (κ3) is 5.70. The van der Waals surface area contributed by atoms with E-state index >= 15 is 0 Å². The molecule has 0 radical (unpaired) electrons. The van der Waals surface area contributed by atoms with Crippen LogP contribution in [0, 0.1) is 6.92 Å². The average Bonchev–Trinajstić information content (AvgIpc) is 2.67. The number of pyridine rings is 1. The normalized spacial score (nSPS) is 11.5. The minimum absolute atomic E-state index is 0.311. The summed E-state index contributed by atoms with van der Waals surface area (Å²) in [6.45, 7) is 7.77. The number of ketones is 1. The highest BCUT2D eigenvalue weighted by atomic mass is 32.2. The van der Waals surface area contributed by atoms with Crippen LogP contribution < -0.4 is 0 Å². The van der Waals surface area contributed by atoms with Gasteiger partial charge in [0.25, 0.3) is 0 Å². The molecule has 0 N–H and O–H groups in total. The molecule has 0 unspecified atom stereocenters. The molecule has 0 fully saturated rings. The largest absolute Gasteiger partial charge is 0.459 e. The van der Waals surface area contributed by atoms with Gasteiger partial charge in [-0.1, -0.05) is 48.9 Å². The van der Waals surface area contributed by atoms with E-state index in [4.69, 9.17) is 4.74 Å². The number of aryl methyl sites for hydroxylation is 1. The molecule has 4 nitrogen and oxygen atoms in total. The number of rotatable bonds is 8. The lowest BCUT2D eigenvalue weighted by Gasteiger charge is -2.25. The lowest BCUT2D eigenvalue weighted by Crippen LogP contribution is -2.31. The molecule has 30 heavy (non-hydrogen) atoms. The first-order chi connectivity index (χ1) is 14.3. The Morgan fingerprint density at radius 2 is 1.80 bits per heavy atom. The van der Waals surface area contributed by atoms with Crippen molar-refractivity contribution in [3.63, 3.8) is 0 Å². The molecule has 0 aliphatic heterocycles. The number of nitrogens with zero attached hydrogens (tertiary/aromatic N) is 1. The molecule has 0 saturated carbocycles. The Labute approximate surface area is 182 Å². The highest BCUT2D eigenvalue weighted by Gasteiger charge is 2.26. The Kier molecular flexibility index (Phi) is 6.93. The monoisotopic (exact) mass is 421 g/mol. The predicted molar refractivity (Wildman–Crippen MR) is 122 cm³/mol. The number of carbonyl (C=O) groups excluding carboxylic acids is 2. The molecule has 0 bridgehead atoms. The van der Waals surface area contributed by atoms with E-state index < -0.39 is 11.6 Å². The van der Waals surface area contributed by atoms with Crippen LogP contribution in [0.3, 0.4) is 0 Å². The van der Waals surface area contributed by atoms with Gasteiger partial charge in [0.05, 0.1) is 5.52 Å². The van der Waals surface area contributed by atoms with Gasteiger partial charge in [-0.15, -0.1) is 11.8 Å². The fourth-order valence-electron chi connectivity index (χ4n) is 3.42. The van der Waals surface area contributed by atoms with E-state index in [0.29, 0.717) is 12.1 Å². The molecule has 5 heteroatoms. The summed E-state index contributed by atoms with van der Waals surface area (Å²) in [6.07, 6.45) is 0.262. The first-order valence-corrected chi connectivity index (χ1v) is 11.1. The first-order valence-electron chi connectivity index (χ1n) is 10.1. The van der Waals surface area contributed by atoms with E-state index in [1.165, 1.54) is 0 Å². The summed E-state index contributed by atoms with van der Waals surface area (Å²) in [5, 5.41) is 0.995. The van der Waals surface area contributed by atoms with Gasteiger partial charge in [-0.25, -0.2) is 4.98 Å². The van der Waals surface area contributed by atoms with Crippen molar-refractivity contribution in [3.8, 4) is 0 Å². The summed E-state index contributed by atoms with van der Waals surface area (Å²) in [4.78, 5) is 30.8. The molecule has 3 aromatic rings. The fourth-order valence-corrected chi connectivity index (χ4v) is 4.24. The molecule has 0 atom stereocenters. The van der Waals surface area contributed by atoms with Crippen LogP contribution in [0.4, 0.5) is 0 Å². The number of esters is 1. The van der Waals surface area contributed by atoms with Crippen molar-refractivity contribution >= 4 is 34.4 Å². The summed E-state index contributed by atoms with van der Waals surface area (Å²) in [5.74, 6) is -0.0264. The van der Waals surface area contributed by atoms with Crippen molar-refractivity contribution in [1.82, 2.24) is 4.98 Å². The number of benzene rings is 2. The molecule has 0 saturated heterocycles. The Morgan fingerprint density at radius 1 is 1.07 bits per heavy atom. The van der Waals surface area contributed by atoms with Crippen molar-refractivity contribution in [2.75, 3.05) is 5.75 Å². The van der Waals surface area contributed by atoms with Crippen molar-refractivity contribution in [1.29, 1.82) is 0 Å².